The maximum absolute atomic E-state index is 11.2. The SMILES string of the molecule is CCCCCCCCOCC(CC(CCCCCC/C=C\CCCCCCCCP(=O)(O)O)SOC1[C@@H](OCc2ccccc2)[C@H](OCc2ccccc2)C(OCc2ccccc2)[C@H](OCc2ccccc2)[C@@H]1OCc1ccccc1)OCCCCCCCC. The lowest BCUT2D eigenvalue weighted by Crippen LogP contribution is -2.67. The normalized spacial score (nSPS) is 18.5. The molecular weight excluding hydrogens is 1160 g/mol. The van der Waals surface area contributed by atoms with E-state index >= 15 is 0 Å². The first kappa shape index (κ1) is 75.1. The minimum absolute atomic E-state index is 0.00120. The van der Waals surface area contributed by atoms with Crippen molar-refractivity contribution in [1.29, 1.82) is 0 Å². The van der Waals surface area contributed by atoms with E-state index in [0.29, 0.717) is 52.7 Å². The van der Waals surface area contributed by atoms with Crippen LogP contribution in [0.4, 0.5) is 0 Å². The summed E-state index contributed by atoms with van der Waals surface area (Å²) in [7, 11) is -3.88. The molecule has 0 aliphatic heterocycles. The van der Waals surface area contributed by atoms with E-state index in [9.17, 15) is 4.57 Å². The van der Waals surface area contributed by atoms with E-state index in [2.05, 4.69) is 111 Å². The number of allylic oxidation sites excluding steroid dienone is 2. The summed E-state index contributed by atoms with van der Waals surface area (Å²) in [6, 6.07) is 51.7. The van der Waals surface area contributed by atoms with Crippen LogP contribution in [0.25, 0.3) is 0 Å². The standard InChI is InChI=1S/C77H113O11PS/c1-3-5-7-9-22-41-55-81-64-70(82-56-42-23-10-8-6-4-2)58-71(54-40-21-19-17-15-13-11-12-14-16-18-20-24-43-57-89(78,79)80)90-88-77-75(86-62-68-50-36-28-37-51-68)73(84-60-66-46-32-26-33-47-66)72(83-59-65-44-30-25-31-45-65)74(85-61-67-48-34-27-35-49-67)76(77)87-63-69-52-38-29-39-53-69/h11,13,25-39,44-53,70-77H,3-10,12,14-24,40-43,54-64H2,1-2H3,(H2,78,79,80)/b13-11-/t70?,71?,72?,73-,74+,75-,76-,77?/m0/s1. The Hall–Kier alpha value is -3.98. The zero-order chi connectivity index (χ0) is 63.2. The lowest BCUT2D eigenvalue weighted by molar-refractivity contribution is -0.277. The van der Waals surface area contributed by atoms with Gasteiger partial charge in [-0.15, -0.1) is 0 Å². The van der Waals surface area contributed by atoms with Crippen LogP contribution in [-0.2, 0) is 74.9 Å². The second kappa shape index (κ2) is 47.8. The molecule has 0 amide bonds. The predicted molar refractivity (Wildman–Crippen MR) is 369 cm³/mol. The molecule has 6 rings (SSSR count). The molecule has 2 N–H and O–H groups in total. The first-order valence-corrected chi connectivity index (χ1v) is 37.4. The highest BCUT2D eigenvalue weighted by Crippen LogP contribution is 2.40. The van der Waals surface area contributed by atoms with Crippen molar-refractivity contribution in [3.05, 3.63) is 192 Å². The Bertz CT molecular complexity index is 2440. The Morgan fingerprint density at radius 3 is 1.13 bits per heavy atom. The van der Waals surface area contributed by atoms with Crippen LogP contribution in [0.3, 0.4) is 0 Å². The molecule has 13 heteroatoms. The number of rotatable bonds is 53. The molecule has 8 atom stereocenters. The van der Waals surface area contributed by atoms with E-state index in [0.717, 1.165) is 131 Å². The van der Waals surface area contributed by atoms with Gasteiger partial charge < -0.3 is 47.1 Å². The van der Waals surface area contributed by atoms with Crippen LogP contribution in [0.5, 0.6) is 0 Å². The lowest BCUT2D eigenvalue weighted by Gasteiger charge is -2.49. The van der Waals surface area contributed by atoms with Crippen LogP contribution in [0.15, 0.2) is 164 Å². The lowest BCUT2D eigenvalue weighted by atomic mass is 9.83. The second-order valence-corrected chi connectivity index (χ2v) is 27.5. The van der Waals surface area contributed by atoms with Crippen molar-refractivity contribution < 1.29 is 51.7 Å². The Kier molecular flexibility index (Phi) is 39.9. The van der Waals surface area contributed by atoms with Gasteiger partial charge >= 0.3 is 7.60 Å². The summed E-state index contributed by atoms with van der Waals surface area (Å²) in [5, 5.41) is 0.0622. The molecule has 4 unspecified atom stereocenters. The molecule has 11 nitrogen and oxygen atoms in total. The van der Waals surface area contributed by atoms with Gasteiger partial charge in [-0.1, -0.05) is 287 Å². The largest absolute Gasteiger partial charge is 0.379 e. The molecule has 5 aromatic rings. The highest BCUT2D eigenvalue weighted by molar-refractivity contribution is 7.95. The van der Waals surface area contributed by atoms with Crippen LogP contribution >= 0.6 is 19.6 Å². The van der Waals surface area contributed by atoms with Crippen molar-refractivity contribution in [2.24, 2.45) is 0 Å². The van der Waals surface area contributed by atoms with Crippen LogP contribution < -0.4 is 0 Å². The monoisotopic (exact) mass is 1280 g/mol. The third-order valence-electron chi connectivity index (χ3n) is 16.9. The molecule has 1 aliphatic carbocycles. The first-order chi connectivity index (χ1) is 44.3. The van der Waals surface area contributed by atoms with Crippen LogP contribution in [-0.4, -0.2) is 83.7 Å². The number of ether oxygens (including phenoxy) is 7. The Morgan fingerprint density at radius 1 is 0.411 bits per heavy atom. The van der Waals surface area contributed by atoms with Crippen LogP contribution in [0, 0.1) is 0 Å². The fourth-order valence-electron chi connectivity index (χ4n) is 11.7. The zero-order valence-electron chi connectivity index (χ0n) is 54.9. The molecule has 0 radical (unpaired) electrons. The Balaban J connectivity index is 1.29. The first-order valence-electron chi connectivity index (χ1n) is 34.8. The summed E-state index contributed by atoms with van der Waals surface area (Å²) in [6.45, 7) is 8.16. The smallest absolute Gasteiger partial charge is 0.325 e. The quantitative estimate of drug-likeness (QED) is 0.0166. The van der Waals surface area contributed by atoms with E-state index in [1.807, 2.05) is 66.7 Å². The summed E-state index contributed by atoms with van der Waals surface area (Å²) in [5.74, 6) is 0. The average molecular weight is 1280 g/mol. The van der Waals surface area contributed by atoms with E-state index in [4.69, 9.17) is 47.1 Å². The van der Waals surface area contributed by atoms with E-state index in [-0.39, 0.29) is 17.5 Å². The van der Waals surface area contributed by atoms with Crippen molar-refractivity contribution in [3.63, 3.8) is 0 Å². The number of hydrogen-bond donors (Lipinski definition) is 2. The van der Waals surface area contributed by atoms with Crippen LogP contribution in [0.2, 0.25) is 0 Å². The summed E-state index contributed by atoms with van der Waals surface area (Å²) < 4.78 is 68.7. The summed E-state index contributed by atoms with van der Waals surface area (Å²) in [6.07, 6.45) is 29.4. The maximum atomic E-state index is 11.2. The average Bonchev–Trinajstić information content (AvgIpc) is 0.914. The predicted octanol–water partition coefficient (Wildman–Crippen LogP) is 19.6. The molecule has 1 fully saturated rings. The molecule has 0 aromatic heterocycles. The summed E-state index contributed by atoms with van der Waals surface area (Å²) >= 11 is 1.56. The second-order valence-electron chi connectivity index (χ2n) is 24.7. The molecular formula is C77H113O11PS. The minimum Gasteiger partial charge on any atom is -0.379 e. The summed E-state index contributed by atoms with van der Waals surface area (Å²) in [5.41, 5.74) is 5.20. The van der Waals surface area contributed by atoms with Gasteiger partial charge in [0.25, 0.3) is 0 Å². The van der Waals surface area contributed by atoms with Crippen molar-refractivity contribution >= 4 is 19.6 Å². The fraction of sp³-hybridized carbons (Fsp3) is 0.584. The third-order valence-corrected chi connectivity index (χ3v) is 18.8. The van der Waals surface area contributed by atoms with E-state index in [1.165, 1.54) is 64.2 Å². The van der Waals surface area contributed by atoms with Crippen molar-refractivity contribution in [2.45, 2.75) is 262 Å². The molecule has 1 aliphatic rings. The molecule has 0 spiro atoms. The van der Waals surface area contributed by atoms with Crippen molar-refractivity contribution in [3.8, 4) is 0 Å². The van der Waals surface area contributed by atoms with Gasteiger partial charge in [-0.2, -0.15) is 0 Å². The molecule has 90 heavy (non-hydrogen) atoms. The van der Waals surface area contributed by atoms with Crippen molar-refractivity contribution in [2.75, 3.05) is 26.0 Å². The summed E-state index contributed by atoms with van der Waals surface area (Å²) in [4.78, 5) is 18.3. The number of hydrogen-bond acceptors (Lipinski definition) is 10. The number of benzene rings is 5. The molecule has 0 saturated heterocycles. The Morgan fingerprint density at radius 2 is 0.744 bits per heavy atom. The highest BCUT2D eigenvalue weighted by Gasteiger charge is 2.55. The topological polar surface area (TPSA) is 131 Å². The molecule has 5 aromatic carbocycles. The van der Waals surface area contributed by atoms with Gasteiger partial charge in [-0.3, -0.25) is 4.57 Å². The van der Waals surface area contributed by atoms with Gasteiger partial charge in [0, 0.05) is 24.6 Å². The van der Waals surface area contributed by atoms with Gasteiger partial charge in [0.15, 0.2) is 0 Å². The third kappa shape index (κ3) is 32.7. The van der Waals surface area contributed by atoms with Gasteiger partial charge in [-0.25, -0.2) is 0 Å². The fourth-order valence-corrected chi connectivity index (χ4v) is 13.4. The van der Waals surface area contributed by atoms with Crippen molar-refractivity contribution in [1.82, 2.24) is 0 Å². The number of unbranched alkanes of at least 4 members (excludes halogenated alkanes) is 20. The van der Waals surface area contributed by atoms with Gasteiger partial charge in [-0.05, 0) is 97.6 Å². The Labute approximate surface area is 547 Å². The molecule has 0 heterocycles. The molecule has 0 bridgehead atoms. The van der Waals surface area contributed by atoms with Gasteiger partial charge in [0.05, 0.1) is 45.7 Å². The van der Waals surface area contributed by atoms with Gasteiger partial charge in [0.1, 0.15) is 36.6 Å². The minimum atomic E-state index is -3.88. The molecule has 498 valence electrons. The van der Waals surface area contributed by atoms with Crippen LogP contribution in [0.1, 0.15) is 209 Å². The van der Waals surface area contributed by atoms with Gasteiger partial charge in [0.2, 0.25) is 0 Å². The zero-order valence-corrected chi connectivity index (χ0v) is 56.6. The van der Waals surface area contributed by atoms with E-state index < -0.39 is 44.2 Å². The molecule has 1 saturated carbocycles. The highest BCUT2D eigenvalue weighted by atomic mass is 32.2. The maximum Gasteiger partial charge on any atom is 0.325 e. The van der Waals surface area contributed by atoms with E-state index in [1.54, 1.807) is 12.0 Å².